The summed E-state index contributed by atoms with van der Waals surface area (Å²) in [6, 6.07) is 0.226. The van der Waals surface area contributed by atoms with E-state index in [9.17, 15) is 4.79 Å². The summed E-state index contributed by atoms with van der Waals surface area (Å²) in [5.74, 6) is 1.41. The molecule has 7 nitrogen and oxygen atoms in total. The second-order valence-electron chi connectivity index (χ2n) is 6.77. The average molecular weight is 367 g/mol. The van der Waals surface area contributed by atoms with Crippen LogP contribution >= 0.6 is 11.6 Å². The van der Waals surface area contributed by atoms with Crippen molar-refractivity contribution in [3.05, 3.63) is 11.6 Å². The lowest BCUT2D eigenvalue weighted by Gasteiger charge is -2.14. The Kier molecular flexibility index (Phi) is 7.43. The molecule has 0 aliphatic carbocycles. The topological polar surface area (TPSA) is 95.6 Å². The highest BCUT2D eigenvalue weighted by molar-refractivity contribution is 6.28. The number of halogens is 1. The van der Waals surface area contributed by atoms with Gasteiger partial charge in [-0.05, 0) is 37.3 Å². The van der Waals surface area contributed by atoms with Gasteiger partial charge in [-0.15, -0.1) is 0 Å². The fourth-order valence-corrected chi connectivity index (χ4v) is 2.81. The van der Waals surface area contributed by atoms with E-state index in [1.165, 1.54) is 6.42 Å². The fourth-order valence-electron chi connectivity index (χ4n) is 2.64. The number of H-pyrrole nitrogens is 1. The maximum absolute atomic E-state index is 12.0. The van der Waals surface area contributed by atoms with Crippen LogP contribution in [0.4, 0.5) is 5.82 Å². The molecular formula is C17H27ClN6O. The van der Waals surface area contributed by atoms with Gasteiger partial charge in [-0.25, -0.2) is 4.98 Å². The molecule has 138 valence electrons. The minimum absolute atomic E-state index is 0.0891. The Morgan fingerprint density at radius 1 is 1.24 bits per heavy atom. The van der Waals surface area contributed by atoms with Crippen LogP contribution in [0, 0.1) is 5.92 Å². The maximum atomic E-state index is 12.0. The van der Waals surface area contributed by atoms with E-state index in [2.05, 4.69) is 51.3 Å². The molecule has 0 spiro atoms. The molecule has 1 atom stereocenters. The van der Waals surface area contributed by atoms with Crippen LogP contribution in [0.2, 0.25) is 5.28 Å². The van der Waals surface area contributed by atoms with Gasteiger partial charge >= 0.3 is 0 Å². The lowest BCUT2D eigenvalue weighted by atomic mass is 10.0. The highest BCUT2D eigenvalue weighted by Crippen LogP contribution is 2.18. The lowest BCUT2D eigenvalue weighted by Crippen LogP contribution is -2.32. The van der Waals surface area contributed by atoms with Crippen molar-refractivity contribution in [3.8, 4) is 0 Å². The van der Waals surface area contributed by atoms with Crippen LogP contribution in [0.1, 0.15) is 52.9 Å². The third-order valence-corrected chi connectivity index (χ3v) is 4.13. The van der Waals surface area contributed by atoms with Crippen molar-refractivity contribution in [1.29, 1.82) is 0 Å². The second-order valence-corrected chi connectivity index (χ2v) is 7.10. The molecule has 2 heterocycles. The summed E-state index contributed by atoms with van der Waals surface area (Å²) in [4.78, 5) is 27.2. The molecule has 0 fully saturated rings. The smallest absolute Gasteiger partial charge is 0.226 e. The maximum Gasteiger partial charge on any atom is 0.226 e. The molecule has 0 radical (unpaired) electrons. The van der Waals surface area contributed by atoms with Crippen molar-refractivity contribution in [2.45, 2.75) is 58.9 Å². The highest BCUT2D eigenvalue weighted by Gasteiger charge is 2.10. The summed E-state index contributed by atoms with van der Waals surface area (Å²) < 4.78 is 0. The summed E-state index contributed by atoms with van der Waals surface area (Å²) in [6.45, 7) is 7.13. The molecule has 2 aromatic heterocycles. The van der Waals surface area contributed by atoms with E-state index in [4.69, 9.17) is 11.6 Å². The van der Waals surface area contributed by atoms with Crippen molar-refractivity contribution in [3.63, 3.8) is 0 Å². The molecule has 1 amide bonds. The van der Waals surface area contributed by atoms with Crippen molar-refractivity contribution >= 4 is 34.5 Å². The fraction of sp³-hybridized carbons (Fsp3) is 0.647. The predicted octanol–water partition coefficient (Wildman–Crippen LogP) is 3.53. The first kappa shape index (κ1) is 19.4. The van der Waals surface area contributed by atoms with Crippen molar-refractivity contribution in [2.24, 2.45) is 5.92 Å². The molecule has 2 rings (SSSR count). The quantitative estimate of drug-likeness (QED) is 0.441. The largest absolute Gasteiger partial charge is 0.368 e. The summed E-state index contributed by atoms with van der Waals surface area (Å²) in [5, 5.41) is 6.39. The summed E-state index contributed by atoms with van der Waals surface area (Å²) >= 11 is 5.88. The zero-order valence-electron chi connectivity index (χ0n) is 15.1. The second kappa shape index (κ2) is 9.56. The number of carbonyl (C=O) groups excluding carboxylic acids is 1. The molecule has 8 heteroatoms. The van der Waals surface area contributed by atoms with Gasteiger partial charge < -0.3 is 15.6 Å². The summed E-state index contributed by atoms with van der Waals surface area (Å²) in [5.41, 5.74) is 1.24. The van der Waals surface area contributed by atoms with E-state index in [0.717, 1.165) is 12.8 Å². The number of nitrogens with one attached hydrogen (secondary N) is 3. The van der Waals surface area contributed by atoms with Gasteiger partial charge in [-0.1, -0.05) is 26.7 Å². The van der Waals surface area contributed by atoms with Crippen LogP contribution in [0.3, 0.4) is 0 Å². The van der Waals surface area contributed by atoms with Gasteiger partial charge in [0.1, 0.15) is 5.52 Å². The van der Waals surface area contributed by atoms with Gasteiger partial charge in [0.05, 0.1) is 6.33 Å². The normalized spacial score (nSPS) is 12.5. The van der Waals surface area contributed by atoms with Crippen LogP contribution in [0.25, 0.3) is 11.2 Å². The number of hydrogen-bond donors (Lipinski definition) is 3. The Morgan fingerprint density at radius 3 is 2.80 bits per heavy atom. The number of anilines is 1. The first-order chi connectivity index (χ1) is 12.0. The number of nitrogens with zero attached hydrogens (tertiary/aromatic N) is 3. The first-order valence-corrected chi connectivity index (χ1v) is 9.23. The number of aromatic nitrogens is 4. The SMILES string of the molecule is CC(C)CCCC(C)NC(=O)CCCNc1nc(Cl)nc2nc[nH]c12. The molecule has 0 aromatic carbocycles. The average Bonchev–Trinajstić information content (AvgIpc) is 2.99. The number of imidazole rings is 1. The molecule has 2 aromatic rings. The van der Waals surface area contributed by atoms with Crippen molar-refractivity contribution < 1.29 is 4.79 Å². The number of fused-ring (bicyclic) bond motifs is 1. The Labute approximate surface area is 153 Å². The van der Waals surface area contributed by atoms with E-state index in [1.54, 1.807) is 6.33 Å². The van der Waals surface area contributed by atoms with Crippen LogP contribution in [0.15, 0.2) is 6.33 Å². The molecular weight excluding hydrogens is 340 g/mol. The van der Waals surface area contributed by atoms with Crippen LogP contribution in [-0.4, -0.2) is 38.4 Å². The Balaban J connectivity index is 1.68. The third kappa shape index (κ3) is 6.49. The lowest BCUT2D eigenvalue weighted by molar-refractivity contribution is -0.121. The zero-order valence-corrected chi connectivity index (χ0v) is 15.9. The van der Waals surface area contributed by atoms with E-state index in [1.807, 2.05) is 0 Å². The molecule has 1 unspecified atom stereocenters. The van der Waals surface area contributed by atoms with Crippen LogP contribution < -0.4 is 10.6 Å². The molecule has 3 N–H and O–H groups in total. The third-order valence-electron chi connectivity index (χ3n) is 3.96. The zero-order chi connectivity index (χ0) is 18.2. The number of amides is 1. The minimum atomic E-state index is 0.0891. The standard InChI is InChI=1S/C17H27ClN6O/c1-11(2)6-4-7-12(3)22-13(25)8-5-9-19-15-14-16(21-10-20-14)24-17(18)23-15/h10-12H,4-9H2,1-3H3,(H,22,25)(H2,19,20,21,23,24). The summed E-state index contributed by atoms with van der Waals surface area (Å²) in [6.07, 6.45) is 6.12. The van der Waals surface area contributed by atoms with Gasteiger partial charge in [0.2, 0.25) is 11.2 Å². The Morgan fingerprint density at radius 2 is 2.04 bits per heavy atom. The van der Waals surface area contributed by atoms with E-state index in [0.29, 0.717) is 42.3 Å². The Bertz CT molecular complexity index is 687. The number of carbonyl (C=O) groups is 1. The molecule has 0 bridgehead atoms. The predicted molar refractivity (Wildman–Crippen MR) is 101 cm³/mol. The van der Waals surface area contributed by atoms with Crippen molar-refractivity contribution in [1.82, 2.24) is 25.3 Å². The first-order valence-electron chi connectivity index (χ1n) is 8.85. The van der Waals surface area contributed by atoms with Gasteiger partial charge in [0, 0.05) is 19.0 Å². The monoisotopic (exact) mass is 366 g/mol. The van der Waals surface area contributed by atoms with Gasteiger partial charge in [-0.3, -0.25) is 4.79 Å². The van der Waals surface area contributed by atoms with E-state index in [-0.39, 0.29) is 17.2 Å². The molecule has 0 saturated heterocycles. The van der Waals surface area contributed by atoms with Gasteiger partial charge in [-0.2, -0.15) is 9.97 Å². The van der Waals surface area contributed by atoms with Gasteiger partial charge in [0.25, 0.3) is 0 Å². The van der Waals surface area contributed by atoms with E-state index < -0.39 is 0 Å². The Hall–Kier alpha value is -1.89. The summed E-state index contributed by atoms with van der Waals surface area (Å²) in [7, 11) is 0. The number of aromatic amines is 1. The minimum Gasteiger partial charge on any atom is -0.368 e. The van der Waals surface area contributed by atoms with Crippen LogP contribution in [0.5, 0.6) is 0 Å². The van der Waals surface area contributed by atoms with E-state index >= 15 is 0 Å². The number of rotatable bonds is 10. The molecule has 25 heavy (non-hydrogen) atoms. The van der Waals surface area contributed by atoms with Crippen molar-refractivity contribution in [2.75, 3.05) is 11.9 Å². The molecule has 0 aliphatic heterocycles. The van der Waals surface area contributed by atoms with Gasteiger partial charge in [0.15, 0.2) is 11.5 Å². The molecule has 0 aliphatic rings. The molecule has 0 saturated carbocycles. The number of hydrogen-bond acceptors (Lipinski definition) is 5. The van der Waals surface area contributed by atoms with Crippen LogP contribution in [-0.2, 0) is 4.79 Å². The highest BCUT2D eigenvalue weighted by atomic mass is 35.5.